The van der Waals surface area contributed by atoms with Gasteiger partial charge in [-0.25, -0.2) is 0 Å². The van der Waals surface area contributed by atoms with Crippen LogP contribution in [0.5, 0.6) is 0 Å². The topological polar surface area (TPSA) is 38.3 Å². The van der Waals surface area contributed by atoms with Crippen molar-refractivity contribution in [1.82, 2.24) is 5.32 Å². The second-order valence-corrected chi connectivity index (χ2v) is 5.08. The summed E-state index contributed by atoms with van der Waals surface area (Å²) in [4.78, 5) is 12.0. The Morgan fingerprint density at radius 2 is 2.22 bits per heavy atom. The number of methoxy groups -OCH3 is 1. The van der Waals surface area contributed by atoms with E-state index in [4.69, 9.17) is 16.3 Å². The van der Waals surface area contributed by atoms with Gasteiger partial charge in [-0.3, -0.25) is 4.79 Å². The van der Waals surface area contributed by atoms with E-state index in [1.807, 2.05) is 31.3 Å². The van der Waals surface area contributed by atoms with Crippen molar-refractivity contribution >= 4 is 17.6 Å². The smallest absolute Gasteiger partial charge is 0.310 e. The van der Waals surface area contributed by atoms with E-state index >= 15 is 0 Å². The normalized spacial score (nSPS) is 27.2. The fraction of sp³-hybridized carbons (Fsp3) is 0.500. The minimum atomic E-state index is -0.397. The number of ether oxygens (including phenoxy) is 1. The molecule has 0 radical (unpaired) electrons. The van der Waals surface area contributed by atoms with Gasteiger partial charge in [-0.2, -0.15) is 0 Å². The molecule has 0 aromatic heterocycles. The third-order valence-corrected chi connectivity index (χ3v) is 4.27. The van der Waals surface area contributed by atoms with Gasteiger partial charge in [0.05, 0.1) is 18.6 Å². The van der Waals surface area contributed by atoms with Crippen molar-refractivity contribution in [3.63, 3.8) is 0 Å². The zero-order chi connectivity index (χ0) is 13.2. The van der Waals surface area contributed by atoms with Crippen molar-refractivity contribution in [3.8, 4) is 0 Å². The predicted molar refractivity (Wildman–Crippen MR) is 71.5 cm³/mol. The molecule has 18 heavy (non-hydrogen) atoms. The lowest BCUT2D eigenvalue weighted by atomic mass is 9.80. The highest BCUT2D eigenvalue weighted by Gasteiger charge is 2.48. The van der Waals surface area contributed by atoms with Gasteiger partial charge in [0.25, 0.3) is 0 Å². The minimum absolute atomic E-state index is 0.165. The number of hydrogen-bond acceptors (Lipinski definition) is 3. The number of carbonyl (C=O) groups is 1. The van der Waals surface area contributed by atoms with Crippen molar-refractivity contribution in [2.45, 2.75) is 24.8 Å². The Bertz CT molecular complexity index is 449. The lowest BCUT2D eigenvalue weighted by Crippen LogP contribution is -2.46. The van der Waals surface area contributed by atoms with E-state index in [0.717, 1.165) is 24.8 Å². The summed E-state index contributed by atoms with van der Waals surface area (Å²) in [6.07, 6.45) is 2.72. The predicted octanol–water partition coefficient (Wildman–Crippen LogP) is 2.73. The molecule has 1 aliphatic carbocycles. The highest BCUT2D eigenvalue weighted by atomic mass is 35.5. The monoisotopic (exact) mass is 267 g/mol. The van der Waals surface area contributed by atoms with Crippen molar-refractivity contribution in [1.29, 1.82) is 0 Å². The third-order valence-electron chi connectivity index (χ3n) is 3.95. The molecular weight excluding hydrogens is 250 g/mol. The summed E-state index contributed by atoms with van der Waals surface area (Å²) in [5.41, 5.74) is 0.591. The Morgan fingerprint density at radius 3 is 2.83 bits per heavy atom. The summed E-state index contributed by atoms with van der Waals surface area (Å²) in [6, 6.07) is 7.70. The average Bonchev–Trinajstić information content (AvgIpc) is 2.83. The van der Waals surface area contributed by atoms with E-state index in [0.29, 0.717) is 5.02 Å². The van der Waals surface area contributed by atoms with E-state index in [9.17, 15) is 4.79 Å². The third kappa shape index (κ3) is 2.02. The Morgan fingerprint density at radius 1 is 1.50 bits per heavy atom. The van der Waals surface area contributed by atoms with Crippen molar-refractivity contribution in [2.24, 2.45) is 5.92 Å². The minimum Gasteiger partial charge on any atom is -0.469 e. The molecule has 0 bridgehead atoms. The molecule has 0 heterocycles. The standard InChI is InChI=1S/C14H18ClNO2/c1-16-14(10-6-3-4-8-12(10)15)9-5-7-11(14)13(17)18-2/h3-4,6,8,11,16H,5,7,9H2,1-2H3/t11-,14-/m1/s1. The summed E-state index contributed by atoms with van der Waals surface area (Å²) in [7, 11) is 3.32. The van der Waals surface area contributed by atoms with E-state index in [1.54, 1.807) is 0 Å². The summed E-state index contributed by atoms with van der Waals surface area (Å²) in [5, 5.41) is 4.01. The fourth-order valence-electron chi connectivity index (χ4n) is 3.05. The van der Waals surface area contributed by atoms with Crippen molar-refractivity contribution in [2.75, 3.05) is 14.2 Å². The summed E-state index contributed by atoms with van der Waals surface area (Å²) in [5.74, 6) is -0.339. The van der Waals surface area contributed by atoms with Gasteiger partial charge in [0, 0.05) is 5.02 Å². The van der Waals surface area contributed by atoms with E-state index in [1.165, 1.54) is 7.11 Å². The summed E-state index contributed by atoms with van der Waals surface area (Å²) >= 11 is 6.29. The highest BCUT2D eigenvalue weighted by Crippen LogP contribution is 2.46. The first-order valence-corrected chi connectivity index (χ1v) is 6.55. The molecule has 3 nitrogen and oxygen atoms in total. The number of nitrogens with one attached hydrogen (secondary N) is 1. The number of benzene rings is 1. The van der Waals surface area contributed by atoms with E-state index in [2.05, 4.69) is 5.32 Å². The molecule has 0 spiro atoms. The Hall–Kier alpha value is -1.06. The van der Waals surface area contributed by atoms with Crippen LogP contribution in [0.4, 0.5) is 0 Å². The molecule has 4 heteroatoms. The van der Waals surface area contributed by atoms with Crippen LogP contribution in [0.2, 0.25) is 5.02 Å². The lowest BCUT2D eigenvalue weighted by molar-refractivity contribution is -0.147. The first-order valence-electron chi connectivity index (χ1n) is 6.17. The average molecular weight is 268 g/mol. The van der Waals surface area contributed by atoms with E-state index < -0.39 is 5.54 Å². The number of rotatable bonds is 3. The number of esters is 1. The molecule has 1 N–H and O–H groups in total. The molecular formula is C14H18ClNO2. The molecule has 2 atom stereocenters. The van der Waals surface area contributed by atoms with Gasteiger partial charge >= 0.3 is 5.97 Å². The SMILES string of the molecule is CN[C@@]1(c2ccccc2Cl)CCC[C@@H]1C(=O)OC. The Kier molecular flexibility index (Phi) is 3.93. The molecule has 1 aromatic carbocycles. The Balaban J connectivity index is 2.47. The van der Waals surface area contributed by atoms with Crippen LogP contribution in [-0.2, 0) is 15.1 Å². The molecule has 1 saturated carbocycles. The zero-order valence-electron chi connectivity index (χ0n) is 10.7. The number of hydrogen-bond donors (Lipinski definition) is 1. The molecule has 2 rings (SSSR count). The van der Waals surface area contributed by atoms with Gasteiger partial charge in [-0.05, 0) is 31.5 Å². The quantitative estimate of drug-likeness (QED) is 0.856. The van der Waals surface area contributed by atoms with Crippen LogP contribution in [-0.4, -0.2) is 20.1 Å². The van der Waals surface area contributed by atoms with Gasteiger partial charge in [0.1, 0.15) is 0 Å². The van der Waals surface area contributed by atoms with Crippen LogP contribution in [0.1, 0.15) is 24.8 Å². The molecule has 1 aliphatic rings. The van der Waals surface area contributed by atoms with Crippen LogP contribution in [0.25, 0.3) is 0 Å². The molecule has 0 saturated heterocycles. The second kappa shape index (κ2) is 5.29. The largest absolute Gasteiger partial charge is 0.469 e. The van der Waals surface area contributed by atoms with Crippen molar-refractivity contribution < 1.29 is 9.53 Å². The van der Waals surface area contributed by atoms with Gasteiger partial charge < -0.3 is 10.1 Å². The maximum absolute atomic E-state index is 12.0. The highest BCUT2D eigenvalue weighted by molar-refractivity contribution is 6.31. The molecule has 0 amide bonds. The second-order valence-electron chi connectivity index (χ2n) is 4.67. The van der Waals surface area contributed by atoms with Gasteiger partial charge in [-0.1, -0.05) is 36.2 Å². The maximum Gasteiger partial charge on any atom is 0.310 e. The molecule has 1 aromatic rings. The molecule has 98 valence electrons. The fourth-order valence-corrected chi connectivity index (χ4v) is 3.35. The number of halogens is 1. The molecule has 0 aliphatic heterocycles. The van der Waals surface area contributed by atoms with Crippen molar-refractivity contribution in [3.05, 3.63) is 34.9 Å². The van der Waals surface area contributed by atoms with E-state index in [-0.39, 0.29) is 11.9 Å². The Labute approximate surface area is 112 Å². The summed E-state index contributed by atoms with van der Waals surface area (Å²) in [6.45, 7) is 0. The summed E-state index contributed by atoms with van der Waals surface area (Å²) < 4.78 is 4.93. The first-order chi connectivity index (χ1) is 8.65. The molecule has 1 fully saturated rings. The van der Waals surface area contributed by atoms with Crippen LogP contribution in [0.15, 0.2) is 24.3 Å². The molecule has 0 unspecified atom stereocenters. The van der Waals surface area contributed by atoms with Gasteiger partial charge in [-0.15, -0.1) is 0 Å². The maximum atomic E-state index is 12.0. The number of carbonyl (C=O) groups excluding carboxylic acids is 1. The van der Waals surface area contributed by atoms with Crippen LogP contribution in [0.3, 0.4) is 0 Å². The zero-order valence-corrected chi connectivity index (χ0v) is 11.5. The first kappa shape index (κ1) is 13.4. The van der Waals surface area contributed by atoms with Crippen LogP contribution < -0.4 is 5.32 Å². The van der Waals surface area contributed by atoms with Gasteiger partial charge in [0.2, 0.25) is 0 Å². The lowest BCUT2D eigenvalue weighted by Gasteiger charge is -2.35. The van der Waals surface area contributed by atoms with Crippen LogP contribution in [0, 0.1) is 5.92 Å². The van der Waals surface area contributed by atoms with Gasteiger partial charge in [0.15, 0.2) is 0 Å². The van der Waals surface area contributed by atoms with Crippen LogP contribution >= 0.6 is 11.6 Å².